The van der Waals surface area contributed by atoms with Crippen molar-refractivity contribution in [3.63, 3.8) is 0 Å². The maximum atomic E-state index is 13.1. The highest BCUT2D eigenvalue weighted by Gasteiger charge is 2.31. The maximum absolute atomic E-state index is 13.1. The van der Waals surface area contributed by atoms with Crippen LogP contribution in [0, 0.1) is 16.0 Å². The highest BCUT2D eigenvalue weighted by atomic mass is 32.2. The number of nitro benzene ring substituents is 1. The number of rotatable bonds is 14. The number of carboxylic acids is 1. The smallest absolute Gasteiger partial charge is 0.305 e. The number of methoxy groups -OCH3 is 1. The van der Waals surface area contributed by atoms with Crippen LogP contribution in [0.2, 0.25) is 0 Å². The lowest BCUT2D eigenvalue weighted by Crippen LogP contribution is -2.54. The van der Waals surface area contributed by atoms with E-state index in [-0.39, 0.29) is 22.8 Å². The first-order chi connectivity index (χ1) is 17.5. The van der Waals surface area contributed by atoms with E-state index >= 15 is 0 Å². The number of non-ortho nitro benzene ring substituents is 1. The van der Waals surface area contributed by atoms with Crippen LogP contribution in [0.5, 0.6) is 5.75 Å². The molecule has 0 saturated carbocycles. The maximum Gasteiger partial charge on any atom is 0.305 e. The van der Waals surface area contributed by atoms with Crippen LogP contribution in [-0.4, -0.2) is 58.5 Å². The number of aliphatic carboxylic acids is 1. The van der Waals surface area contributed by atoms with Crippen LogP contribution in [0.3, 0.4) is 0 Å². The number of nitro groups is 1. The number of carboxylic acid groups (broad SMARTS) is 1. The van der Waals surface area contributed by atoms with E-state index in [1.807, 2.05) is 30.3 Å². The number of ether oxygens (including phenoxy) is 1. The van der Waals surface area contributed by atoms with Crippen LogP contribution < -0.4 is 15.4 Å². The molecule has 37 heavy (non-hydrogen) atoms. The molecule has 2 atom stereocenters. The third-order valence-electron chi connectivity index (χ3n) is 5.31. The first kappa shape index (κ1) is 29.3. The number of carbonyl (C=O) groups excluding carboxylic acids is 3. The van der Waals surface area contributed by atoms with Gasteiger partial charge in [0.05, 0.1) is 35.8 Å². The van der Waals surface area contributed by atoms with E-state index in [0.29, 0.717) is 5.75 Å². The summed E-state index contributed by atoms with van der Waals surface area (Å²) < 4.78 is 5.12. The van der Waals surface area contributed by atoms with Gasteiger partial charge < -0.3 is 20.5 Å². The van der Waals surface area contributed by atoms with E-state index in [4.69, 9.17) is 4.74 Å². The summed E-state index contributed by atoms with van der Waals surface area (Å²) in [6.07, 6.45) is -0.617. The van der Waals surface area contributed by atoms with Gasteiger partial charge in [0.25, 0.3) is 11.6 Å². The lowest BCUT2D eigenvalue weighted by atomic mass is 10.0. The quantitative estimate of drug-likeness (QED) is 0.245. The molecule has 0 radical (unpaired) electrons. The number of hydrogen-bond acceptors (Lipinski definition) is 8. The molecule has 0 unspecified atom stereocenters. The summed E-state index contributed by atoms with van der Waals surface area (Å²) in [5.41, 5.74) is 0.514. The van der Waals surface area contributed by atoms with Crippen molar-refractivity contribution in [3.8, 4) is 5.75 Å². The Balaban J connectivity index is 2.13. The first-order valence-corrected chi connectivity index (χ1v) is 12.5. The van der Waals surface area contributed by atoms with Crippen molar-refractivity contribution in [2.24, 2.45) is 5.92 Å². The second kappa shape index (κ2) is 14.0. The minimum absolute atomic E-state index is 0.0172. The molecule has 0 saturated heterocycles. The summed E-state index contributed by atoms with van der Waals surface area (Å²) in [5, 5.41) is 25.4. The van der Waals surface area contributed by atoms with E-state index < -0.39 is 52.9 Å². The van der Waals surface area contributed by atoms with Gasteiger partial charge in [0, 0.05) is 17.9 Å². The third kappa shape index (κ3) is 8.90. The summed E-state index contributed by atoms with van der Waals surface area (Å²) in [4.78, 5) is 60.6. The highest BCUT2D eigenvalue weighted by Crippen LogP contribution is 2.24. The van der Waals surface area contributed by atoms with Gasteiger partial charge in [-0.05, 0) is 17.5 Å². The fraction of sp³-hybridized carbons (Fsp3) is 0.360. The molecule has 0 bridgehead atoms. The number of nitrogens with one attached hydrogen (secondary N) is 2. The Morgan fingerprint density at radius 2 is 1.76 bits per heavy atom. The largest absolute Gasteiger partial charge is 0.496 e. The normalized spacial score (nSPS) is 12.3. The minimum atomic E-state index is -1.29. The van der Waals surface area contributed by atoms with Gasteiger partial charge in [-0.25, -0.2) is 0 Å². The Labute approximate surface area is 218 Å². The summed E-state index contributed by atoms with van der Waals surface area (Å²) in [6, 6.07) is 10.5. The van der Waals surface area contributed by atoms with Crippen LogP contribution in [0.1, 0.15) is 36.2 Å². The molecular formula is C25H29N3O8S. The molecule has 2 aromatic carbocycles. The van der Waals surface area contributed by atoms with E-state index in [1.54, 1.807) is 13.8 Å². The molecule has 0 aliphatic rings. The summed E-state index contributed by atoms with van der Waals surface area (Å²) >= 11 is 1.29. The van der Waals surface area contributed by atoms with Crippen LogP contribution in [0.15, 0.2) is 48.5 Å². The van der Waals surface area contributed by atoms with Crippen molar-refractivity contribution >= 4 is 41.0 Å². The zero-order chi connectivity index (χ0) is 27.5. The molecule has 2 rings (SSSR count). The van der Waals surface area contributed by atoms with E-state index in [9.17, 15) is 34.4 Å². The fourth-order valence-electron chi connectivity index (χ4n) is 3.37. The zero-order valence-corrected chi connectivity index (χ0v) is 21.4. The Bertz CT molecular complexity index is 1140. The lowest BCUT2D eigenvalue weighted by Gasteiger charge is -2.25. The van der Waals surface area contributed by atoms with Crippen LogP contribution in [0.4, 0.5) is 5.69 Å². The topological polar surface area (TPSA) is 165 Å². The predicted octanol–water partition coefficient (Wildman–Crippen LogP) is 2.82. The van der Waals surface area contributed by atoms with Gasteiger partial charge >= 0.3 is 5.97 Å². The molecule has 198 valence electrons. The Morgan fingerprint density at radius 1 is 1.08 bits per heavy atom. The molecule has 12 heteroatoms. The number of ketones is 1. The standard InChI is InChI=1S/C25H29N3O8S/c1-15(2)23(27-24(32)18-11-17(28(34)35)9-10-21(18)36-3)25(33)26-19(12-22(30)31)20(29)14-37-13-16-7-5-4-6-8-16/h4-11,15,19,23H,12-14H2,1-3H3,(H,26,33)(H,27,32)(H,30,31)/t19-,23-/m0/s1. The van der Waals surface area contributed by atoms with Gasteiger partial charge in [0.15, 0.2) is 5.78 Å². The van der Waals surface area contributed by atoms with Crippen molar-refractivity contribution in [1.29, 1.82) is 0 Å². The van der Waals surface area contributed by atoms with Crippen molar-refractivity contribution in [2.45, 2.75) is 38.1 Å². The molecular weight excluding hydrogens is 502 g/mol. The van der Waals surface area contributed by atoms with Gasteiger partial charge in [0.2, 0.25) is 5.91 Å². The fourth-order valence-corrected chi connectivity index (χ4v) is 4.30. The average molecular weight is 532 g/mol. The van der Waals surface area contributed by atoms with Crippen molar-refractivity contribution < 1.29 is 33.9 Å². The highest BCUT2D eigenvalue weighted by molar-refractivity contribution is 7.99. The third-order valence-corrected chi connectivity index (χ3v) is 6.34. The van der Waals surface area contributed by atoms with Gasteiger partial charge in [-0.15, -0.1) is 11.8 Å². The summed E-state index contributed by atoms with van der Waals surface area (Å²) in [7, 11) is 1.29. The lowest BCUT2D eigenvalue weighted by molar-refractivity contribution is -0.384. The van der Waals surface area contributed by atoms with Gasteiger partial charge in [-0.1, -0.05) is 44.2 Å². The number of nitrogens with zero attached hydrogens (tertiary/aromatic N) is 1. The van der Waals surface area contributed by atoms with E-state index in [0.717, 1.165) is 11.6 Å². The molecule has 3 N–H and O–H groups in total. The number of amides is 2. The molecule has 0 spiro atoms. The Morgan fingerprint density at radius 3 is 2.32 bits per heavy atom. The van der Waals surface area contributed by atoms with Gasteiger partial charge in [-0.2, -0.15) is 0 Å². The number of Topliss-reactive ketones (excluding diaryl/α,β-unsaturated/α-hetero) is 1. The molecule has 0 heterocycles. The van der Waals surface area contributed by atoms with Crippen LogP contribution in [0.25, 0.3) is 0 Å². The molecule has 0 aliphatic heterocycles. The Kier molecular flexibility index (Phi) is 11.1. The van der Waals surface area contributed by atoms with Gasteiger partial charge in [-0.3, -0.25) is 29.3 Å². The van der Waals surface area contributed by atoms with E-state index in [1.165, 1.54) is 31.0 Å². The average Bonchev–Trinajstić information content (AvgIpc) is 2.86. The molecule has 0 aromatic heterocycles. The minimum Gasteiger partial charge on any atom is -0.496 e. The van der Waals surface area contributed by atoms with Crippen molar-refractivity contribution in [1.82, 2.24) is 10.6 Å². The summed E-state index contributed by atoms with van der Waals surface area (Å²) in [6.45, 7) is 3.30. The van der Waals surface area contributed by atoms with Gasteiger partial charge in [0.1, 0.15) is 11.8 Å². The van der Waals surface area contributed by atoms with Crippen molar-refractivity contribution in [3.05, 3.63) is 69.8 Å². The SMILES string of the molecule is COc1ccc([N+](=O)[O-])cc1C(=O)N[C@H](C(=O)N[C@@H](CC(=O)O)C(=O)CSCc1ccccc1)C(C)C. The van der Waals surface area contributed by atoms with Crippen LogP contribution in [-0.2, 0) is 20.1 Å². The van der Waals surface area contributed by atoms with Crippen molar-refractivity contribution in [2.75, 3.05) is 12.9 Å². The molecule has 11 nitrogen and oxygen atoms in total. The second-order valence-corrected chi connectivity index (χ2v) is 9.43. The monoisotopic (exact) mass is 531 g/mol. The molecule has 0 fully saturated rings. The predicted molar refractivity (Wildman–Crippen MR) is 138 cm³/mol. The molecule has 0 aliphatic carbocycles. The number of hydrogen-bond donors (Lipinski definition) is 3. The molecule has 2 aromatic rings. The first-order valence-electron chi connectivity index (χ1n) is 11.3. The number of carbonyl (C=O) groups is 4. The Hall–Kier alpha value is -3.93. The second-order valence-electron chi connectivity index (χ2n) is 8.44. The number of benzene rings is 2. The van der Waals surface area contributed by atoms with E-state index in [2.05, 4.69) is 10.6 Å². The summed E-state index contributed by atoms with van der Waals surface area (Å²) in [5.74, 6) is -3.15. The zero-order valence-electron chi connectivity index (χ0n) is 20.6. The number of thioether (sulfide) groups is 1. The molecule has 2 amide bonds. The van der Waals surface area contributed by atoms with Crippen LogP contribution >= 0.6 is 11.8 Å².